The van der Waals surface area contributed by atoms with Crippen LogP contribution >= 0.6 is 23.2 Å². The molecule has 10 nitrogen and oxygen atoms in total. The molecule has 0 aromatic heterocycles. The topological polar surface area (TPSA) is 150 Å². The summed E-state index contributed by atoms with van der Waals surface area (Å²) in [5.41, 5.74) is 8.65. The van der Waals surface area contributed by atoms with Gasteiger partial charge in [0, 0.05) is 41.3 Å². The second-order valence-electron chi connectivity index (χ2n) is 9.36. The molecule has 0 spiro atoms. The van der Waals surface area contributed by atoms with Gasteiger partial charge >= 0.3 is 11.9 Å². The first-order valence-electron chi connectivity index (χ1n) is 12.4. The van der Waals surface area contributed by atoms with Crippen LogP contribution in [0, 0.1) is 0 Å². The fraction of sp³-hybridized carbons (Fsp3) is 0.286. The zero-order chi connectivity index (χ0) is 30.3. The van der Waals surface area contributed by atoms with Gasteiger partial charge < -0.3 is 25.6 Å². The maximum Gasteiger partial charge on any atom is 0.323 e. The molecule has 1 saturated heterocycles. The van der Waals surface area contributed by atoms with Gasteiger partial charge in [-0.05, 0) is 42.4 Å². The maximum atomic E-state index is 12.6. The van der Waals surface area contributed by atoms with Crippen molar-refractivity contribution >= 4 is 45.2 Å². The molecule has 0 unspecified atom stereocenters. The molecule has 2 atom stereocenters. The number of aliphatic carboxylic acids is 2. The Morgan fingerprint density at radius 2 is 1.63 bits per heavy atom. The van der Waals surface area contributed by atoms with Crippen molar-refractivity contribution in [2.75, 3.05) is 33.8 Å². The lowest BCUT2D eigenvalue weighted by atomic mass is 9.99. The second-order valence-corrected chi connectivity index (χ2v) is 12.1. The lowest BCUT2D eigenvalue weighted by Crippen LogP contribution is -2.57. The van der Waals surface area contributed by atoms with Crippen molar-refractivity contribution in [1.29, 1.82) is 0 Å². The molecule has 41 heavy (non-hydrogen) atoms. The van der Waals surface area contributed by atoms with E-state index in [1.54, 1.807) is 19.1 Å². The van der Waals surface area contributed by atoms with E-state index in [-0.39, 0.29) is 34.5 Å². The van der Waals surface area contributed by atoms with Crippen LogP contribution in [-0.2, 0) is 19.6 Å². The molecule has 1 heterocycles. The first-order chi connectivity index (χ1) is 19.3. The summed E-state index contributed by atoms with van der Waals surface area (Å²) in [6.45, 7) is 0.681. The Bertz CT molecular complexity index is 1470. The predicted octanol–water partition coefficient (Wildman–Crippen LogP) is 4.22. The molecular formula is C28H31Cl2N3O7S. The van der Waals surface area contributed by atoms with E-state index in [4.69, 9.17) is 38.8 Å². The van der Waals surface area contributed by atoms with E-state index in [0.717, 1.165) is 26.7 Å². The quantitative estimate of drug-likeness (QED) is 0.335. The number of piperazine rings is 1. The van der Waals surface area contributed by atoms with Crippen molar-refractivity contribution < 1.29 is 33.0 Å². The summed E-state index contributed by atoms with van der Waals surface area (Å²) in [6.07, 6.45) is -0.0754. The van der Waals surface area contributed by atoms with Crippen LogP contribution in [0.25, 0.3) is 11.1 Å². The number of rotatable bonds is 8. The average Bonchev–Trinajstić information content (AvgIpc) is 2.92. The number of nitrogens with two attached hydrogens (primary N) is 1. The highest BCUT2D eigenvalue weighted by atomic mass is 35.5. The number of benzene rings is 3. The molecule has 4 N–H and O–H groups in total. The van der Waals surface area contributed by atoms with Crippen LogP contribution < -0.4 is 10.5 Å². The summed E-state index contributed by atoms with van der Waals surface area (Å²) >= 11 is 11.7. The molecule has 3 aromatic carbocycles. The van der Waals surface area contributed by atoms with Gasteiger partial charge in [0.25, 0.3) is 0 Å². The molecule has 4 rings (SSSR count). The Morgan fingerprint density at radius 3 is 2.20 bits per heavy atom. The summed E-state index contributed by atoms with van der Waals surface area (Å²) < 4.78 is 31.6. The zero-order valence-corrected chi connectivity index (χ0v) is 24.7. The fourth-order valence-electron chi connectivity index (χ4n) is 4.30. The van der Waals surface area contributed by atoms with E-state index in [0.29, 0.717) is 6.54 Å². The number of likely N-dealkylation sites (N-methyl/N-ethyl adjacent to an activating group) is 1. The van der Waals surface area contributed by atoms with Crippen LogP contribution in [0.1, 0.15) is 18.0 Å². The van der Waals surface area contributed by atoms with Gasteiger partial charge in [-0.25, -0.2) is 8.42 Å². The number of carbonyl (C=O) groups is 2. The molecule has 3 aromatic rings. The Morgan fingerprint density at radius 1 is 1.02 bits per heavy atom. The third-order valence-electron chi connectivity index (χ3n) is 6.41. The fourth-order valence-corrected chi connectivity index (χ4v) is 6.60. The Labute approximate surface area is 248 Å². The second kappa shape index (κ2) is 14.1. The number of para-hydroxylation sites is 1. The van der Waals surface area contributed by atoms with Gasteiger partial charge in [-0.1, -0.05) is 65.7 Å². The highest BCUT2D eigenvalue weighted by Crippen LogP contribution is 2.30. The minimum atomic E-state index is -3.97. The smallest absolute Gasteiger partial charge is 0.323 e. The maximum absolute atomic E-state index is 12.6. The minimum absolute atomic E-state index is 0.0754. The Kier molecular flexibility index (Phi) is 11.1. The van der Waals surface area contributed by atoms with Crippen LogP contribution in [0.15, 0.2) is 71.6 Å². The van der Waals surface area contributed by atoms with Crippen molar-refractivity contribution in [3.63, 3.8) is 0 Å². The van der Waals surface area contributed by atoms with Crippen LogP contribution in [0.5, 0.6) is 5.75 Å². The van der Waals surface area contributed by atoms with E-state index in [1.165, 1.54) is 18.2 Å². The first-order valence-corrected chi connectivity index (χ1v) is 14.6. The highest BCUT2D eigenvalue weighted by molar-refractivity contribution is 7.89. The minimum Gasteiger partial charge on any atom is -0.496 e. The van der Waals surface area contributed by atoms with Crippen LogP contribution in [0.2, 0.25) is 10.0 Å². The van der Waals surface area contributed by atoms with Crippen molar-refractivity contribution in [1.82, 2.24) is 9.21 Å². The number of nitrogens with zero attached hydrogens (tertiary/aromatic N) is 2. The molecule has 0 aliphatic carbocycles. The number of hydrogen-bond donors (Lipinski definition) is 3. The van der Waals surface area contributed by atoms with Crippen molar-refractivity contribution in [3.8, 4) is 16.9 Å². The normalized spacial score (nSPS) is 16.8. The summed E-state index contributed by atoms with van der Waals surface area (Å²) in [5.74, 6) is -1.28. The van der Waals surface area contributed by atoms with Gasteiger partial charge in [0.05, 0.1) is 18.4 Å². The number of methoxy groups -OCH3 is 1. The van der Waals surface area contributed by atoms with Gasteiger partial charge in [-0.2, -0.15) is 4.31 Å². The number of halogens is 2. The van der Waals surface area contributed by atoms with Gasteiger partial charge in [0.2, 0.25) is 10.0 Å². The summed E-state index contributed by atoms with van der Waals surface area (Å²) in [7, 11) is -0.587. The molecule has 0 amide bonds. The standard InChI is InChI=1S/C16H17NO3.C12H14Cl2N2O4S/c1-20-15-5-3-2-4-13(15)11-6-8-12(9-7-11)14(17)10-16(18)19;1-15-2-3-16(11(7-15)12(17)18)21(19,20)10-5-8(13)4-9(14)6-10/h2-9,14H,10,17H2,1H3,(H,18,19);4-6,11H,2-3,7H2,1H3,(H,17,18)/t14-;11-/m10/s1. The largest absolute Gasteiger partial charge is 0.496 e. The first kappa shape index (κ1) is 32.3. The molecule has 0 radical (unpaired) electrons. The van der Waals surface area contributed by atoms with Gasteiger partial charge in [0.15, 0.2) is 0 Å². The zero-order valence-electron chi connectivity index (χ0n) is 22.4. The van der Waals surface area contributed by atoms with E-state index >= 15 is 0 Å². The van der Waals surface area contributed by atoms with Gasteiger partial charge in [-0.3, -0.25) is 9.59 Å². The van der Waals surface area contributed by atoms with Crippen molar-refractivity contribution in [2.45, 2.75) is 23.4 Å². The summed E-state index contributed by atoms with van der Waals surface area (Å²) in [6, 6.07) is 17.6. The van der Waals surface area contributed by atoms with Crippen LogP contribution in [0.4, 0.5) is 0 Å². The van der Waals surface area contributed by atoms with Crippen LogP contribution in [0.3, 0.4) is 0 Å². The monoisotopic (exact) mass is 623 g/mol. The van der Waals surface area contributed by atoms with Crippen molar-refractivity contribution in [3.05, 3.63) is 82.3 Å². The lowest BCUT2D eigenvalue weighted by molar-refractivity contribution is -0.143. The van der Waals surface area contributed by atoms with Gasteiger partial charge in [-0.15, -0.1) is 0 Å². The number of hydrogen-bond acceptors (Lipinski definition) is 7. The number of ether oxygens (including phenoxy) is 1. The van der Waals surface area contributed by atoms with Crippen LogP contribution in [-0.4, -0.2) is 79.6 Å². The summed E-state index contributed by atoms with van der Waals surface area (Å²) in [4.78, 5) is 23.7. The third kappa shape index (κ3) is 8.41. The number of sulfonamides is 1. The molecule has 1 aliphatic heterocycles. The SMILES string of the molecule is CN1CCN(S(=O)(=O)c2cc(Cl)cc(Cl)c2)[C@H](C(=O)O)C1.COc1ccccc1-c1ccc([C@H](N)CC(=O)O)cc1. The van der Waals surface area contributed by atoms with Crippen molar-refractivity contribution in [2.24, 2.45) is 5.73 Å². The van der Waals surface area contributed by atoms with Gasteiger partial charge in [0.1, 0.15) is 11.8 Å². The highest BCUT2D eigenvalue weighted by Gasteiger charge is 2.39. The number of carboxylic acids is 2. The number of carboxylic acid groups (broad SMARTS) is 2. The Balaban J connectivity index is 0.000000226. The summed E-state index contributed by atoms with van der Waals surface area (Å²) in [5, 5.41) is 18.4. The predicted molar refractivity (Wildman–Crippen MR) is 157 cm³/mol. The molecular weight excluding hydrogens is 593 g/mol. The molecule has 13 heteroatoms. The van der Waals surface area contributed by atoms with E-state index in [2.05, 4.69) is 0 Å². The lowest BCUT2D eigenvalue weighted by Gasteiger charge is -2.36. The molecule has 220 valence electrons. The van der Waals surface area contributed by atoms with E-state index in [9.17, 15) is 23.1 Å². The molecule has 0 saturated carbocycles. The molecule has 1 aliphatic rings. The molecule has 1 fully saturated rings. The average molecular weight is 625 g/mol. The molecule has 0 bridgehead atoms. The Hall–Kier alpha value is -3.19. The van der Waals surface area contributed by atoms with E-state index in [1.807, 2.05) is 48.5 Å². The van der Waals surface area contributed by atoms with E-state index < -0.39 is 34.0 Å². The third-order valence-corrected chi connectivity index (χ3v) is 8.74.